The number of aromatic nitrogens is 4. The van der Waals surface area contributed by atoms with Crippen molar-refractivity contribution in [1.29, 1.82) is 0 Å². The molecule has 4 aromatic heterocycles. The number of methoxy groups -OCH3 is 2. The van der Waals surface area contributed by atoms with Crippen molar-refractivity contribution in [2.45, 2.75) is 83.6 Å². The van der Waals surface area contributed by atoms with Crippen molar-refractivity contribution in [3.05, 3.63) is 133 Å². The molecule has 0 spiro atoms. The number of thiazole rings is 4. The summed E-state index contributed by atoms with van der Waals surface area (Å²) in [5, 5.41) is 14.2. The third-order valence-corrected chi connectivity index (χ3v) is 16.2. The number of carbonyl (C=O) groups is 1. The number of fused-ring (bicyclic) bond motifs is 4. The van der Waals surface area contributed by atoms with Crippen LogP contribution in [0.1, 0.15) is 70.3 Å². The second kappa shape index (κ2) is 33.3. The van der Waals surface area contributed by atoms with Gasteiger partial charge in [-0.2, -0.15) is 0 Å². The fourth-order valence-electron chi connectivity index (χ4n) is 6.60. The number of aromatic hydroxyl groups is 1. The van der Waals surface area contributed by atoms with E-state index in [1.54, 1.807) is 100 Å². The van der Waals surface area contributed by atoms with Crippen molar-refractivity contribution in [3.8, 4) is 28.7 Å². The smallest absolute Gasteiger partial charge is 0.407 e. The van der Waals surface area contributed by atoms with Gasteiger partial charge in [0.1, 0.15) is 47.6 Å². The Bertz CT molecular complexity index is 3460. The molecule has 80 heavy (non-hydrogen) atoms. The number of nitrogens with two attached hydrogens (primary N) is 2. The van der Waals surface area contributed by atoms with Crippen LogP contribution in [-0.4, -0.2) is 77.3 Å². The zero-order valence-corrected chi connectivity index (χ0v) is 52.7. The number of aryl methyl sites for hydroxylation is 2. The monoisotopic (exact) mass is 1320 g/mol. The summed E-state index contributed by atoms with van der Waals surface area (Å²) in [7, 11) is 3.30. The van der Waals surface area contributed by atoms with Gasteiger partial charge in [-0.3, -0.25) is 0 Å². The lowest BCUT2D eigenvalue weighted by atomic mass is 10.2. The number of phenolic OH excluding ortho intramolecular Hbond substituents is 1. The van der Waals surface area contributed by atoms with Gasteiger partial charge in [-0.05, 0) is 169 Å². The summed E-state index contributed by atoms with van der Waals surface area (Å²) in [5.41, 5.74) is 15.5. The number of alkyl carbamates (subject to hydrolysis) is 1. The lowest BCUT2D eigenvalue weighted by Gasteiger charge is -2.20. The molecule has 1 amide bonds. The minimum atomic E-state index is -0.599. The summed E-state index contributed by atoms with van der Waals surface area (Å²) in [6, 6.07) is 27.7. The summed E-state index contributed by atoms with van der Waals surface area (Å²) in [5.74, 6) is 3.30. The van der Waals surface area contributed by atoms with Gasteiger partial charge in [0, 0.05) is 34.8 Å². The van der Waals surface area contributed by atoms with Crippen molar-refractivity contribution in [2.75, 3.05) is 46.3 Å². The van der Waals surface area contributed by atoms with E-state index in [1.165, 1.54) is 63.1 Å². The summed E-state index contributed by atoms with van der Waals surface area (Å²) in [6.45, 7) is 10.0. The second-order valence-electron chi connectivity index (χ2n) is 18.2. The van der Waals surface area contributed by atoms with Gasteiger partial charge in [-0.1, -0.05) is 26.7 Å². The van der Waals surface area contributed by atoms with Crippen LogP contribution in [0.25, 0.3) is 40.9 Å². The fourth-order valence-corrected chi connectivity index (χ4v) is 11.7. The average Bonchev–Trinajstić information content (AvgIpc) is 4.26. The van der Waals surface area contributed by atoms with E-state index in [-0.39, 0.29) is 26.3 Å². The van der Waals surface area contributed by atoms with Crippen LogP contribution in [-0.2, 0) is 17.6 Å². The topological polar surface area (TPSA) is 199 Å². The summed E-state index contributed by atoms with van der Waals surface area (Å²) >= 11 is 17.2. The molecule has 23 heteroatoms. The van der Waals surface area contributed by atoms with Gasteiger partial charge in [0.25, 0.3) is 0 Å². The molecule has 5 aromatic carbocycles. The third kappa shape index (κ3) is 22.0. The molecule has 428 valence electrons. The van der Waals surface area contributed by atoms with E-state index >= 15 is 0 Å². The van der Waals surface area contributed by atoms with E-state index in [2.05, 4.69) is 89.7 Å². The predicted octanol–water partition coefficient (Wildman–Crippen LogP) is 16.6. The molecule has 0 aliphatic heterocycles. The first-order valence-corrected chi connectivity index (χ1v) is 30.4. The van der Waals surface area contributed by atoms with Crippen LogP contribution in [0.3, 0.4) is 0 Å². The fraction of sp³-hybridized carbons (Fsp3) is 0.316. The van der Waals surface area contributed by atoms with Crippen molar-refractivity contribution < 1.29 is 42.4 Å². The van der Waals surface area contributed by atoms with Gasteiger partial charge < -0.3 is 45.6 Å². The van der Waals surface area contributed by atoms with Gasteiger partial charge >= 0.3 is 6.09 Å². The second-order valence-corrected chi connectivity index (χ2v) is 25.5. The summed E-state index contributed by atoms with van der Waals surface area (Å²) in [4.78, 5) is 30.0. The molecule has 4 heterocycles. The van der Waals surface area contributed by atoms with E-state index in [9.17, 15) is 18.7 Å². The third-order valence-electron chi connectivity index (χ3n) is 10.7. The lowest BCUT2D eigenvalue weighted by Crippen LogP contribution is -2.34. The number of amides is 1. The first-order valence-electron chi connectivity index (χ1n) is 25.1. The van der Waals surface area contributed by atoms with Gasteiger partial charge in [0.2, 0.25) is 0 Å². The van der Waals surface area contributed by atoms with Gasteiger partial charge in [-0.15, -0.1) is 58.0 Å². The molecule has 0 saturated carbocycles. The van der Waals surface area contributed by atoms with Crippen LogP contribution in [0.15, 0.2) is 128 Å². The molecule has 0 aliphatic rings. The van der Waals surface area contributed by atoms with E-state index in [1.807, 2.05) is 42.5 Å². The molecule has 0 atom stereocenters. The number of ether oxygens (including phenoxy) is 5. The molecular formula is C57H65Br2F2N7O7S5. The molecule has 0 saturated heterocycles. The Hall–Kier alpha value is -5.66. The van der Waals surface area contributed by atoms with Crippen LogP contribution >= 0.6 is 89.8 Å². The molecule has 0 radical (unpaired) electrons. The molecule has 9 aromatic rings. The number of nitrogens with one attached hydrogen (secondary N) is 1. The predicted molar refractivity (Wildman–Crippen MR) is 337 cm³/mol. The maximum absolute atomic E-state index is 13.0. The number of hydrogen-bond donors (Lipinski definition) is 5. The van der Waals surface area contributed by atoms with Crippen LogP contribution in [0.2, 0.25) is 0 Å². The maximum atomic E-state index is 13.0. The number of halogens is 4. The summed E-state index contributed by atoms with van der Waals surface area (Å²) in [6.07, 6.45) is 7.29. The van der Waals surface area contributed by atoms with E-state index < -0.39 is 11.7 Å². The molecule has 0 aliphatic carbocycles. The zero-order valence-electron chi connectivity index (χ0n) is 45.3. The van der Waals surface area contributed by atoms with Gasteiger partial charge in [0.05, 0.1) is 77.8 Å². The number of benzene rings is 5. The normalized spacial score (nSPS) is 11.4. The van der Waals surface area contributed by atoms with E-state index in [4.69, 9.17) is 35.2 Å². The maximum Gasteiger partial charge on any atom is 0.407 e. The number of carbonyl (C=O) groups excluding carboxylic acids is 1. The van der Waals surface area contributed by atoms with Crippen LogP contribution < -0.4 is 35.7 Å². The Morgan fingerprint density at radius 2 is 1.10 bits per heavy atom. The standard InChI is InChI=1S/C16H18BrFN2O3S.C12H15NOS.C11H10BrFN2OS.C11H13NOS.C7H9NOS/c1-16(2,3)23-15(21)19-8-10(7-18)9-22-11-4-5-12-13(6-11)24-14(17)20-12;1-3-4-5-12-13-10-7-6-9(14-2)8-11(10)15-12;12-11-15-9-2-1-8(3-10(9)17-11)16-6-7(4-13)5-14;1-2-3-4-11-12-9-6-5-8(13)7-10(9)14-11;1-9-5-2-3-6(8)7(10)4-5/h4-7H,8-9H2,1-3H3,(H,19,21);6-8H,3-5H2,1-2H3;1-4H,5-6,14H2;5-7,13H,2-4H2,1H3;2-4,10H,8H2,1H3/b10-7+;;7-4+;;. The Labute approximate surface area is 503 Å². The number of unbranched alkanes of at least 4 members (excludes halogenated alkanes) is 2. The van der Waals surface area contributed by atoms with E-state index in [0.29, 0.717) is 46.7 Å². The Morgan fingerprint density at radius 3 is 1.57 bits per heavy atom. The number of nitrogens with zero attached hydrogens (tertiary/aromatic N) is 4. The van der Waals surface area contributed by atoms with Crippen LogP contribution in [0.4, 0.5) is 19.3 Å². The number of anilines is 1. The molecular weight excluding hydrogens is 1250 g/mol. The van der Waals surface area contributed by atoms with Crippen molar-refractivity contribution in [2.24, 2.45) is 5.73 Å². The average molecular weight is 1320 g/mol. The van der Waals surface area contributed by atoms with Gasteiger partial charge in [0.15, 0.2) is 7.83 Å². The SMILES string of the molecule is CC(C)(C)OC(=O)NC/C(=C\F)COc1ccc2nc(Br)sc2c1.CCCCc1nc2ccc(O)cc2s1.CCCCc1nc2ccc(OC)cc2s1.COc1ccc(N)c(S)c1.NC/C(=C\F)COc1ccc2nc(Br)sc2c1. The number of phenols is 1. The zero-order chi connectivity index (χ0) is 58.2. The van der Waals surface area contributed by atoms with Gasteiger partial charge in [-0.25, -0.2) is 33.5 Å². The number of rotatable bonds is 17. The molecule has 14 nitrogen and oxygen atoms in total. The molecule has 0 bridgehead atoms. The Balaban J connectivity index is 0.000000189. The highest BCUT2D eigenvalue weighted by atomic mass is 79.9. The molecule has 6 N–H and O–H groups in total. The Morgan fingerprint density at radius 1 is 0.662 bits per heavy atom. The highest BCUT2D eigenvalue weighted by Gasteiger charge is 2.16. The minimum absolute atomic E-state index is 0.0137. The number of nitrogen functional groups attached to an aromatic ring is 1. The quantitative estimate of drug-likeness (QED) is 0.0427. The van der Waals surface area contributed by atoms with Crippen molar-refractivity contribution in [3.63, 3.8) is 0 Å². The number of thiol groups is 1. The first-order chi connectivity index (χ1) is 38.3. The highest BCUT2D eigenvalue weighted by molar-refractivity contribution is 9.11. The highest BCUT2D eigenvalue weighted by Crippen LogP contribution is 2.32. The molecule has 0 fully saturated rings. The minimum Gasteiger partial charge on any atom is -0.508 e. The van der Waals surface area contributed by atoms with Crippen LogP contribution in [0.5, 0.6) is 28.7 Å². The largest absolute Gasteiger partial charge is 0.508 e. The number of hydrogen-bond acceptors (Lipinski definition) is 18. The van der Waals surface area contributed by atoms with Crippen molar-refractivity contribution in [1.82, 2.24) is 25.3 Å². The first kappa shape index (κ1) is 65.2. The molecule has 9 rings (SSSR count). The van der Waals surface area contributed by atoms with Crippen LogP contribution in [0, 0.1) is 0 Å². The lowest BCUT2D eigenvalue weighted by molar-refractivity contribution is 0.0531. The Kier molecular flexibility index (Phi) is 27.1. The summed E-state index contributed by atoms with van der Waals surface area (Å²) < 4.78 is 57.4. The molecule has 0 unspecified atom stereocenters. The van der Waals surface area contributed by atoms with Crippen molar-refractivity contribution >= 4 is 142 Å². The van der Waals surface area contributed by atoms with E-state index in [0.717, 1.165) is 73.2 Å².